The van der Waals surface area contributed by atoms with Gasteiger partial charge in [0.05, 0.1) is 11.1 Å². The van der Waals surface area contributed by atoms with E-state index in [1.807, 2.05) is 13.0 Å². The Hall–Kier alpha value is -1.92. The summed E-state index contributed by atoms with van der Waals surface area (Å²) < 4.78 is 0. The van der Waals surface area contributed by atoms with Gasteiger partial charge in [0.15, 0.2) is 0 Å². The highest BCUT2D eigenvalue weighted by Crippen LogP contribution is 2.33. The minimum Gasteiger partial charge on any atom is -0.309 e. The molecule has 0 saturated carbocycles. The molecule has 1 aliphatic rings. The Morgan fingerprint density at radius 2 is 2.29 bits per heavy atom. The molecule has 0 aliphatic carbocycles. The van der Waals surface area contributed by atoms with Crippen LogP contribution in [-0.4, -0.2) is 45.1 Å². The fraction of sp³-hybridized carbons (Fsp3) is 0.471. The van der Waals surface area contributed by atoms with E-state index in [1.54, 1.807) is 18.3 Å². The predicted octanol–water partition coefficient (Wildman–Crippen LogP) is 2.84. The summed E-state index contributed by atoms with van der Waals surface area (Å²) in [5.41, 5.74) is 1.11. The van der Waals surface area contributed by atoms with Gasteiger partial charge in [0.25, 0.3) is 0 Å². The molecule has 2 aromatic rings. The Labute approximate surface area is 146 Å². The molecule has 0 radical (unpaired) electrons. The second-order valence-corrected chi connectivity index (χ2v) is 7.07. The van der Waals surface area contributed by atoms with Crippen LogP contribution in [0.1, 0.15) is 32.4 Å². The van der Waals surface area contributed by atoms with Crippen molar-refractivity contribution >= 4 is 23.3 Å². The number of carbonyl (C=O) groups excluding carboxylic acids is 1. The van der Waals surface area contributed by atoms with Gasteiger partial charge in [-0.05, 0) is 44.5 Å². The molecule has 1 fully saturated rings. The highest BCUT2D eigenvalue weighted by atomic mass is 35.5. The maximum absolute atomic E-state index is 12.5. The van der Waals surface area contributed by atoms with Crippen molar-refractivity contribution in [2.75, 3.05) is 18.4 Å². The van der Waals surface area contributed by atoms with Crippen molar-refractivity contribution in [3.63, 3.8) is 0 Å². The molecule has 3 heterocycles. The number of hydrogen-bond acceptors (Lipinski definition) is 4. The number of halogens is 1. The lowest BCUT2D eigenvalue weighted by Gasteiger charge is -2.42. The Kier molecular flexibility index (Phi) is 4.87. The first-order chi connectivity index (χ1) is 11.5. The normalized spacial score (nSPS) is 23.0. The van der Waals surface area contributed by atoms with E-state index in [0.717, 1.165) is 31.6 Å². The van der Waals surface area contributed by atoms with Crippen LogP contribution < -0.4 is 5.32 Å². The van der Waals surface area contributed by atoms with Gasteiger partial charge >= 0.3 is 0 Å². The third-order valence-electron chi connectivity index (χ3n) is 4.78. The molecular formula is C17H22ClN5O. The maximum atomic E-state index is 12.5. The molecule has 0 spiro atoms. The van der Waals surface area contributed by atoms with Gasteiger partial charge in [-0.2, -0.15) is 5.10 Å². The molecule has 7 heteroatoms. The standard InChI is InChI=1S/C17H22ClN5O/c1-12(16(24)21-15-5-4-13(18)10-19-15)23-9-3-7-17(2,11-23)14-6-8-20-22-14/h4-6,8,10,12H,3,7,9,11H2,1-2H3,(H,20,22)(H,19,21,24)/t12-,17?/m0/s1. The zero-order valence-electron chi connectivity index (χ0n) is 13.9. The molecule has 3 rings (SSSR count). The summed E-state index contributed by atoms with van der Waals surface area (Å²) in [7, 11) is 0. The van der Waals surface area contributed by atoms with Crippen molar-refractivity contribution in [2.45, 2.75) is 38.1 Å². The van der Waals surface area contributed by atoms with Gasteiger partial charge in [-0.3, -0.25) is 14.8 Å². The summed E-state index contributed by atoms with van der Waals surface area (Å²) in [6.45, 7) is 5.88. The first-order valence-electron chi connectivity index (χ1n) is 8.14. The number of pyridine rings is 1. The molecule has 0 aromatic carbocycles. The Morgan fingerprint density at radius 1 is 1.46 bits per heavy atom. The molecule has 1 saturated heterocycles. The third-order valence-corrected chi connectivity index (χ3v) is 5.01. The number of nitrogens with one attached hydrogen (secondary N) is 2. The zero-order chi connectivity index (χ0) is 17.2. The summed E-state index contributed by atoms with van der Waals surface area (Å²) >= 11 is 5.82. The number of amides is 1. The number of aromatic amines is 1. The molecule has 6 nitrogen and oxygen atoms in total. The quantitative estimate of drug-likeness (QED) is 0.891. The Balaban J connectivity index is 1.66. The summed E-state index contributed by atoms with van der Waals surface area (Å²) in [4.78, 5) is 18.9. The van der Waals surface area contributed by atoms with Crippen molar-refractivity contribution in [3.05, 3.63) is 41.3 Å². The molecule has 1 aliphatic heterocycles. The van der Waals surface area contributed by atoms with Gasteiger partial charge in [0.1, 0.15) is 5.82 Å². The highest BCUT2D eigenvalue weighted by Gasteiger charge is 2.36. The van der Waals surface area contributed by atoms with Gasteiger partial charge in [0.2, 0.25) is 5.91 Å². The van der Waals surface area contributed by atoms with Crippen molar-refractivity contribution < 1.29 is 4.79 Å². The summed E-state index contributed by atoms with van der Waals surface area (Å²) in [6, 6.07) is 5.21. The molecule has 1 unspecified atom stereocenters. The van der Waals surface area contributed by atoms with E-state index in [1.165, 1.54) is 6.20 Å². The number of carbonyl (C=O) groups is 1. The van der Waals surface area contributed by atoms with Crippen LogP contribution in [0, 0.1) is 0 Å². The number of rotatable bonds is 4. The fourth-order valence-corrected chi connectivity index (χ4v) is 3.38. The first kappa shape index (κ1) is 16.9. The van der Waals surface area contributed by atoms with Crippen LogP contribution in [0.15, 0.2) is 30.6 Å². The van der Waals surface area contributed by atoms with Crippen LogP contribution >= 0.6 is 11.6 Å². The van der Waals surface area contributed by atoms with Crippen molar-refractivity contribution in [3.8, 4) is 0 Å². The molecule has 128 valence electrons. The maximum Gasteiger partial charge on any atom is 0.242 e. The molecule has 1 amide bonds. The largest absolute Gasteiger partial charge is 0.309 e. The van der Waals surface area contributed by atoms with E-state index < -0.39 is 0 Å². The van der Waals surface area contributed by atoms with Gasteiger partial charge in [0, 0.05) is 30.0 Å². The van der Waals surface area contributed by atoms with E-state index in [-0.39, 0.29) is 17.4 Å². The van der Waals surface area contributed by atoms with E-state index in [0.29, 0.717) is 10.8 Å². The monoisotopic (exact) mass is 347 g/mol. The Morgan fingerprint density at radius 3 is 2.96 bits per heavy atom. The fourth-order valence-electron chi connectivity index (χ4n) is 3.27. The number of piperidine rings is 1. The summed E-state index contributed by atoms with van der Waals surface area (Å²) in [5, 5.41) is 10.6. The molecule has 2 N–H and O–H groups in total. The third kappa shape index (κ3) is 3.60. The lowest BCUT2D eigenvalue weighted by Crippen LogP contribution is -2.51. The van der Waals surface area contributed by atoms with Gasteiger partial charge < -0.3 is 5.32 Å². The second kappa shape index (κ2) is 6.91. The molecule has 2 atom stereocenters. The van der Waals surface area contributed by atoms with E-state index in [9.17, 15) is 4.79 Å². The summed E-state index contributed by atoms with van der Waals surface area (Å²) in [5.74, 6) is 0.461. The lowest BCUT2D eigenvalue weighted by molar-refractivity contribution is -0.121. The van der Waals surface area contributed by atoms with Gasteiger partial charge in [-0.1, -0.05) is 18.5 Å². The van der Waals surface area contributed by atoms with E-state index in [4.69, 9.17) is 11.6 Å². The van der Waals surface area contributed by atoms with Gasteiger partial charge in [-0.15, -0.1) is 0 Å². The lowest BCUT2D eigenvalue weighted by atomic mass is 9.78. The molecule has 0 bridgehead atoms. The van der Waals surface area contributed by atoms with Crippen molar-refractivity contribution in [2.24, 2.45) is 0 Å². The molecular weight excluding hydrogens is 326 g/mol. The number of H-pyrrole nitrogens is 1. The number of aromatic nitrogens is 3. The van der Waals surface area contributed by atoms with Crippen LogP contribution in [0.5, 0.6) is 0 Å². The molecule has 24 heavy (non-hydrogen) atoms. The number of nitrogens with zero attached hydrogens (tertiary/aromatic N) is 3. The topological polar surface area (TPSA) is 73.9 Å². The predicted molar refractivity (Wildman–Crippen MR) is 94.1 cm³/mol. The van der Waals surface area contributed by atoms with Crippen LogP contribution in [0.4, 0.5) is 5.82 Å². The van der Waals surface area contributed by atoms with Crippen LogP contribution in [0.2, 0.25) is 5.02 Å². The number of likely N-dealkylation sites (tertiary alicyclic amines) is 1. The first-order valence-corrected chi connectivity index (χ1v) is 8.52. The number of hydrogen-bond donors (Lipinski definition) is 2. The second-order valence-electron chi connectivity index (χ2n) is 6.63. The zero-order valence-corrected chi connectivity index (χ0v) is 14.7. The van der Waals surface area contributed by atoms with Crippen LogP contribution in [-0.2, 0) is 10.2 Å². The van der Waals surface area contributed by atoms with E-state index >= 15 is 0 Å². The van der Waals surface area contributed by atoms with Gasteiger partial charge in [-0.25, -0.2) is 4.98 Å². The molecule has 2 aromatic heterocycles. The highest BCUT2D eigenvalue weighted by molar-refractivity contribution is 6.30. The SMILES string of the molecule is C[C@@H](C(=O)Nc1ccc(Cl)cn1)N1CCCC(C)(c2ccn[nH]2)C1. The smallest absolute Gasteiger partial charge is 0.242 e. The van der Waals surface area contributed by atoms with Crippen LogP contribution in [0.3, 0.4) is 0 Å². The Bertz CT molecular complexity index is 688. The average Bonchev–Trinajstić information content (AvgIpc) is 3.12. The summed E-state index contributed by atoms with van der Waals surface area (Å²) in [6.07, 6.45) is 5.44. The minimum atomic E-state index is -0.231. The van der Waals surface area contributed by atoms with Crippen LogP contribution in [0.25, 0.3) is 0 Å². The van der Waals surface area contributed by atoms with E-state index in [2.05, 4.69) is 32.3 Å². The van der Waals surface area contributed by atoms with Crippen molar-refractivity contribution in [1.29, 1.82) is 0 Å². The number of anilines is 1. The van der Waals surface area contributed by atoms with Crippen molar-refractivity contribution in [1.82, 2.24) is 20.1 Å². The average molecular weight is 348 g/mol. The minimum absolute atomic E-state index is 0.0121.